The third kappa shape index (κ3) is 3.76. The van der Waals surface area contributed by atoms with Crippen LogP contribution in [-0.2, 0) is 11.3 Å². The second-order valence-electron chi connectivity index (χ2n) is 6.43. The summed E-state index contributed by atoms with van der Waals surface area (Å²) in [5.74, 6) is 1.95. The molecule has 21 heavy (non-hydrogen) atoms. The van der Waals surface area contributed by atoms with Gasteiger partial charge in [0.05, 0.1) is 0 Å². The van der Waals surface area contributed by atoms with Crippen LogP contribution < -0.4 is 4.74 Å². The number of nitrogens with zero attached hydrogens (tertiary/aromatic N) is 1. The van der Waals surface area contributed by atoms with Crippen molar-refractivity contribution in [2.45, 2.75) is 45.9 Å². The Bertz CT molecular complexity index is 644. The van der Waals surface area contributed by atoms with Crippen LogP contribution in [0, 0.1) is 13.8 Å². The second kappa shape index (κ2) is 6.07. The lowest BCUT2D eigenvalue weighted by Gasteiger charge is -2.20. The van der Waals surface area contributed by atoms with Gasteiger partial charge in [-0.15, -0.1) is 11.6 Å². The zero-order valence-electron chi connectivity index (χ0n) is 13.3. The zero-order chi connectivity index (χ0) is 15.6. The zero-order valence-corrected chi connectivity index (χ0v) is 14.1. The number of hydrogen-bond acceptors (Lipinski definition) is 2. The molecule has 0 unspecified atom stereocenters. The van der Waals surface area contributed by atoms with E-state index in [0.29, 0.717) is 11.8 Å². The summed E-state index contributed by atoms with van der Waals surface area (Å²) in [7, 11) is 0. The number of alkyl halides is 1. The maximum Gasteiger partial charge on any atom is 0.222 e. The van der Waals surface area contributed by atoms with E-state index in [1.807, 2.05) is 19.1 Å². The van der Waals surface area contributed by atoms with E-state index in [2.05, 4.69) is 44.8 Å². The van der Waals surface area contributed by atoms with E-state index in [1.54, 1.807) is 6.20 Å². The van der Waals surface area contributed by atoms with Gasteiger partial charge in [0.15, 0.2) is 0 Å². The smallest absolute Gasteiger partial charge is 0.222 e. The first-order valence-electron chi connectivity index (χ1n) is 7.11. The molecule has 0 atom stereocenters. The van der Waals surface area contributed by atoms with Crippen molar-refractivity contribution >= 4 is 11.6 Å². The van der Waals surface area contributed by atoms with Crippen molar-refractivity contribution in [3.63, 3.8) is 0 Å². The molecule has 1 heterocycles. The molecule has 0 aliphatic carbocycles. The number of ether oxygens (including phenoxy) is 1. The van der Waals surface area contributed by atoms with Gasteiger partial charge in [-0.05, 0) is 48.1 Å². The topological polar surface area (TPSA) is 22.1 Å². The molecular formula is C18H22ClNO. The van der Waals surface area contributed by atoms with Gasteiger partial charge in [0.25, 0.3) is 0 Å². The standard InChI is InChI=1S/C18H22ClNO/c1-12-9-15(18(3,4)5)6-7-16(12)21-17-13(2)8-14(10-19)11-20-17/h6-9,11H,10H2,1-5H3. The highest BCUT2D eigenvalue weighted by molar-refractivity contribution is 6.17. The first kappa shape index (κ1) is 15.8. The normalized spacial score (nSPS) is 11.5. The summed E-state index contributed by atoms with van der Waals surface area (Å²) < 4.78 is 5.95. The number of rotatable bonds is 3. The van der Waals surface area contributed by atoms with Crippen molar-refractivity contribution in [3.05, 3.63) is 52.7 Å². The summed E-state index contributed by atoms with van der Waals surface area (Å²) >= 11 is 5.82. The summed E-state index contributed by atoms with van der Waals surface area (Å²) in [5, 5.41) is 0. The number of benzene rings is 1. The quantitative estimate of drug-likeness (QED) is 0.696. The maximum atomic E-state index is 5.95. The predicted octanol–water partition coefficient (Wildman–Crippen LogP) is 5.53. The van der Waals surface area contributed by atoms with E-state index in [1.165, 1.54) is 5.56 Å². The fraction of sp³-hybridized carbons (Fsp3) is 0.389. The van der Waals surface area contributed by atoms with Gasteiger partial charge in [0.2, 0.25) is 5.88 Å². The Morgan fingerprint density at radius 2 is 1.81 bits per heavy atom. The molecule has 0 radical (unpaired) electrons. The monoisotopic (exact) mass is 303 g/mol. The van der Waals surface area contributed by atoms with Crippen LogP contribution >= 0.6 is 11.6 Å². The molecule has 1 aromatic heterocycles. The van der Waals surface area contributed by atoms with Gasteiger partial charge in [0.1, 0.15) is 5.75 Å². The largest absolute Gasteiger partial charge is 0.438 e. The van der Waals surface area contributed by atoms with Crippen LogP contribution in [0.2, 0.25) is 0 Å². The van der Waals surface area contributed by atoms with Crippen LogP contribution in [0.1, 0.15) is 43.0 Å². The van der Waals surface area contributed by atoms with E-state index in [0.717, 1.165) is 22.4 Å². The molecule has 0 spiro atoms. The van der Waals surface area contributed by atoms with E-state index >= 15 is 0 Å². The summed E-state index contributed by atoms with van der Waals surface area (Å²) in [5.41, 5.74) is 4.55. The average Bonchev–Trinajstić information content (AvgIpc) is 2.41. The van der Waals surface area contributed by atoms with E-state index < -0.39 is 0 Å². The van der Waals surface area contributed by atoms with Crippen molar-refractivity contribution in [2.75, 3.05) is 0 Å². The Kier molecular flexibility index (Phi) is 4.58. The third-order valence-electron chi connectivity index (χ3n) is 3.49. The predicted molar refractivity (Wildman–Crippen MR) is 88.5 cm³/mol. The molecule has 2 nitrogen and oxygen atoms in total. The van der Waals surface area contributed by atoms with Gasteiger partial charge in [0, 0.05) is 17.6 Å². The molecule has 0 bridgehead atoms. The molecule has 0 aliphatic heterocycles. The molecule has 3 heteroatoms. The summed E-state index contributed by atoms with van der Waals surface area (Å²) in [6.45, 7) is 10.7. The first-order chi connectivity index (χ1) is 9.81. The second-order valence-corrected chi connectivity index (χ2v) is 6.70. The van der Waals surface area contributed by atoms with Crippen LogP contribution in [0.4, 0.5) is 0 Å². The molecule has 0 amide bonds. The van der Waals surface area contributed by atoms with E-state index in [9.17, 15) is 0 Å². The van der Waals surface area contributed by atoms with E-state index in [4.69, 9.17) is 16.3 Å². The SMILES string of the molecule is Cc1cc(C(C)(C)C)ccc1Oc1ncc(CCl)cc1C. The molecule has 0 N–H and O–H groups in total. The van der Waals surface area contributed by atoms with Crippen molar-refractivity contribution in [1.82, 2.24) is 4.98 Å². The summed E-state index contributed by atoms with van der Waals surface area (Å²) in [4.78, 5) is 4.35. The minimum Gasteiger partial charge on any atom is -0.438 e. The van der Waals surface area contributed by atoms with Crippen LogP contribution in [0.3, 0.4) is 0 Å². The van der Waals surface area contributed by atoms with Crippen molar-refractivity contribution in [1.29, 1.82) is 0 Å². The Morgan fingerprint density at radius 3 is 2.33 bits per heavy atom. The third-order valence-corrected chi connectivity index (χ3v) is 3.80. The lowest BCUT2D eigenvalue weighted by atomic mass is 9.86. The Morgan fingerprint density at radius 1 is 1.10 bits per heavy atom. The summed E-state index contributed by atoms with van der Waals surface area (Å²) in [6.07, 6.45) is 1.76. The van der Waals surface area contributed by atoms with Gasteiger partial charge in [-0.1, -0.05) is 32.9 Å². The van der Waals surface area contributed by atoms with Crippen LogP contribution in [0.5, 0.6) is 11.6 Å². The number of aromatic nitrogens is 1. The van der Waals surface area contributed by atoms with Crippen molar-refractivity contribution in [2.24, 2.45) is 0 Å². The molecule has 2 rings (SSSR count). The van der Waals surface area contributed by atoms with Crippen LogP contribution in [-0.4, -0.2) is 4.98 Å². The average molecular weight is 304 g/mol. The lowest BCUT2D eigenvalue weighted by Crippen LogP contribution is -2.11. The Labute approximate surface area is 132 Å². The first-order valence-corrected chi connectivity index (χ1v) is 7.65. The van der Waals surface area contributed by atoms with Crippen molar-refractivity contribution < 1.29 is 4.74 Å². The number of pyridine rings is 1. The van der Waals surface area contributed by atoms with Gasteiger partial charge < -0.3 is 4.74 Å². The number of aryl methyl sites for hydroxylation is 2. The summed E-state index contributed by atoms with van der Waals surface area (Å²) in [6, 6.07) is 8.32. The maximum absolute atomic E-state index is 5.95. The Hall–Kier alpha value is -1.54. The molecule has 0 saturated carbocycles. The lowest BCUT2D eigenvalue weighted by molar-refractivity contribution is 0.454. The van der Waals surface area contributed by atoms with Gasteiger partial charge in [-0.3, -0.25) is 0 Å². The molecule has 112 valence electrons. The van der Waals surface area contributed by atoms with Crippen molar-refractivity contribution in [3.8, 4) is 11.6 Å². The molecular weight excluding hydrogens is 282 g/mol. The minimum absolute atomic E-state index is 0.138. The minimum atomic E-state index is 0.138. The molecule has 0 aliphatic rings. The Balaban J connectivity index is 2.28. The molecule has 0 saturated heterocycles. The number of hydrogen-bond donors (Lipinski definition) is 0. The van der Waals surface area contributed by atoms with Crippen LogP contribution in [0.25, 0.3) is 0 Å². The van der Waals surface area contributed by atoms with Crippen LogP contribution in [0.15, 0.2) is 30.5 Å². The van der Waals surface area contributed by atoms with Gasteiger partial charge >= 0.3 is 0 Å². The fourth-order valence-electron chi connectivity index (χ4n) is 2.13. The molecule has 2 aromatic rings. The van der Waals surface area contributed by atoms with E-state index in [-0.39, 0.29) is 5.41 Å². The molecule has 1 aromatic carbocycles. The highest BCUT2D eigenvalue weighted by atomic mass is 35.5. The number of halogens is 1. The van der Waals surface area contributed by atoms with Gasteiger partial charge in [-0.2, -0.15) is 0 Å². The fourth-order valence-corrected chi connectivity index (χ4v) is 2.28. The highest BCUT2D eigenvalue weighted by Crippen LogP contribution is 2.30. The molecule has 0 fully saturated rings. The van der Waals surface area contributed by atoms with Gasteiger partial charge in [-0.25, -0.2) is 4.98 Å². The highest BCUT2D eigenvalue weighted by Gasteiger charge is 2.15.